The zero-order valence-electron chi connectivity index (χ0n) is 10.3. The molecule has 3 N–H and O–H groups in total. The lowest BCUT2D eigenvalue weighted by atomic mass is 10.0. The van der Waals surface area contributed by atoms with E-state index in [1.54, 1.807) is 0 Å². The fourth-order valence-corrected chi connectivity index (χ4v) is 1.88. The van der Waals surface area contributed by atoms with E-state index in [4.69, 9.17) is 5.73 Å². The fraction of sp³-hybridized carbons (Fsp3) is 0.133. The summed E-state index contributed by atoms with van der Waals surface area (Å²) in [5.74, 6) is -0.310. The van der Waals surface area contributed by atoms with Crippen LogP contribution in [0.2, 0.25) is 0 Å². The van der Waals surface area contributed by atoms with Crippen LogP contribution in [0.3, 0.4) is 0 Å². The summed E-state index contributed by atoms with van der Waals surface area (Å²) in [6, 6.07) is 15.8. The summed E-state index contributed by atoms with van der Waals surface area (Å²) in [5, 5.41) is 3.33. The van der Waals surface area contributed by atoms with Crippen molar-refractivity contribution < 1.29 is 4.79 Å². The first-order chi connectivity index (χ1) is 8.66. The van der Waals surface area contributed by atoms with Gasteiger partial charge in [0, 0.05) is 11.4 Å². The highest BCUT2D eigenvalue weighted by molar-refractivity contribution is 5.78. The van der Waals surface area contributed by atoms with Gasteiger partial charge in [-0.2, -0.15) is 0 Å². The van der Waals surface area contributed by atoms with Gasteiger partial charge in [-0.3, -0.25) is 4.79 Å². The Kier molecular flexibility index (Phi) is 3.63. The predicted molar refractivity (Wildman–Crippen MR) is 73.8 cm³/mol. The van der Waals surface area contributed by atoms with Crippen LogP contribution in [0.5, 0.6) is 0 Å². The molecular weight excluding hydrogens is 224 g/mol. The molecule has 0 radical (unpaired) electrons. The van der Waals surface area contributed by atoms with Crippen LogP contribution < -0.4 is 11.1 Å². The van der Waals surface area contributed by atoms with Gasteiger partial charge in [0.15, 0.2) is 0 Å². The standard InChI is InChI=1S/C15H16N2O/c1-11-12(10-15(16)18)6-5-9-14(11)17-13-7-3-2-4-8-13/h2-9,17H,10H2,1H3,(H2,16,18). The average Bonchev–Trinajstić information content (AvgIpc) is 2.35. The molecule has 0 unspecified atom stereocenters. The van der Waals surface area contributed by atoms with Crippen molar-refractivity contribution >= 4 is 17.3 Å². The molecule has 2 rings (SSSR count). The van der Waals surface area contributed by atoms with Crippen LogP contribution in [0.15, 0.2) is 48.5 Å². The highest BCUT2D eigenvalue weighted by atomic mass is 16.1. The summed E-state index contributed by atoms with van der Waals surface area (Å²) < 4.78 is 0. The van der Waals surface area contributed by atoms with Crippen molar-refractivity contribution in [2.24, 2.45) is 5.73 Å². The van der Waals surface area contributed by atoms with E-state index in [2.05, 4.69) is 5.32 Å². The summed E-state index contributed by atoms with van der Waals surface area (Å²) in [6.07, 6.45) is 0.274. The third-order valence-corrected chi connectivity index (χ3v) is 2.86. The minimum Gasteiger partial charge on any atom is -0.369 e. The van der Waals surface area contributed by atoms with Crippen molar-refractivity contribution in [3.05, 3.63) is 59.7 Å². The van der Waals surface area contributed by atoms with E-state index in [0.717, 1.165) is 22.5 Å². The van der Waals surface area contributed by atoms with Gasteiger partial charge in [-0.05, 0) is 36.2 Å². The number of amides is 1. The monoisotopic (exact) mass is 240 g/mol. The zero-order valence-corrected chi connectivity index (χ0v) is 10.3. The molecule has 0 aliphatic heterocycles. The Hall–Kier alpha value is -2.29. The third kappa shape index (κ3) is 2.88. The lowest BCUT2D eigenvalue weighted by molar-refractivity contribution is -0.117. The lowest BCUT2D eigenvalue weighted by Crippen LogP contribution is -2.14. The van der Waals surface area contributed by atoms with E-state index in [1.165, 1.54) is 0 Å². The number of nitrogens with two attached hydrogens (primary N) is 1. The molecule has 0 aromatic heterocycles. The van der Waals surface area contributed by atoms with Crippen LogP contribution in [0.4, 0.5) is 11.4 Å². The molecule has 3 nitrogen and oxygen atoms in total. The van der Waals surface area contributed by atoms with E-state index in [0.29, 0.717) is 0 Å². The molecule has 0 atom stereocenters. The molecule has 18 heavy (non-hydrogen) atoms. The molecule has 0 saturated carbocycles. The number of nitrogens with one attached hydrogen (secondary N) is 1. The minimum atomic E-state index is -0.310. The highest BCUT2D eigenvalue weighted by Crippen LogP contribution is 2.23. The second kappa shape index (κ2) is 5.36. The first-order valence-electron chi connectivity index (χ1n) is 5.85. The number of benzene rings is 2. The predicted octanol–water partition coefficient (Wildman–Crippen LogP) is 2.77. The molecule has 2 aromatic rings. The largest absolute Gasteiger partial charge is 0.369 e. The Labute approximate surface area is 107 Å². The second-order valence-corrected chi connectivity index (χ2v) is 4.22. The maximum absolute atomic E-state index is 11.0. The highest BCUT2D eigenvalue weighted by Gasteiger charge is 2.06. The number of primary amides is 1. The van der Waals surface area contributed by atoms with Crippen molar-refractivity contribution in [3.63, 3.8) is 0 Å². The van der Waals surface area contributed by atoms with Crippen LogP contribution in [0.1, 0.15) is 11.1 Å². The van der Waals surface area contributed by atoms with Crippen LogP contribution in [0.25, 0.3) is 0 Å². The summed E-state index contributed by atoms with van der Waals surface area (Å²) in [6.45, 7) is 1.99. The zero-order chi connectivity index (χ0) is 13.0. The van der Waals surface area contributed by atoms with Gasteiger partial charge in [-0.1, -0.05) is 30.3 Å². The van der Waals surface area contributed by atoms with E-state index in [-0.39, 0.29) is 12.3 Å². The molecule has 0 fully saturated rings. The molecule has 0 aliphatic rings. The molecule has 0 heterocycles. The summed E-state index contributed by atoms with van der Waals surface area (Å²) in [4.78, 5) is 11.0. The van der Waals surface area contributed by atoms with Crippen molar-refractivity contribution in [2.45, 2.75) is 13.3 Å². The Bertz CT molecular complexity index is 550. The first-order valence-corrected chi connectivity index (χ1v) is 5.85. The summed E-state index contributed by atoms with van der Waals surface area (Å²) in [7, 11) is 0. The normalized spacial score (nSPS) is 10.1. The van der Waals surface area contributed by atoms with Crippen molar-refractivity contribution in [2.75, 3.05) is 5.32 Å². The maximum atomic E-state index is 11.0. The van der Waals surface area contributed by atoms with Gasteiger partial charge in [0.25, 0.3) is 0 Å². The van der Waals surface area contributed by atoms with Gasteiger partial charge in [-0.25, -0.2) is 0 Å². The second-order valence-electron chi connectivity index (χ2n) is 4.22. The molecule has 0 saturated heterocycles. The number of carbonyl (C=O) groups is 1. The quantitative estimate of drug-likeness (QED) is 0.863. The van der Waals surface area contributed by atoms with Crippen molar-refractivity contribution in [1.29, 1.82) is 0 Å². The Balaban J connectivity index is 2.26. The van der Waals surface area contributed by atoms with Gasteiger partial charge in [0.05, 0.1) is 6.42 Å². The molecule has 0 aliphatic carbocycles. The fourth-order valence-electron chi connectivity index (χ4n) is 1.88. The first kappa shape index (κ1) is 12.2. The smallest absolute Gasteiger partial charge is 0.221 e. The van der Waals surface area contributed by atoms with E-state index < -0.39 is 0 Å². The van der Waals surface area contributed by atoms with Crippen molar-refractivity contribution in [1.82, 2.24) is 0 Å². The molecule has 0 spiro atoms. The van der Waals surface area contributed by atoms with Gasteiger partial charge in [0.1, 0.15) is 0 Å². The third-order valence-electron chi connectivity index (χ3n) is 2.86. The van der Waals surface area contributed by atoms with E-state index in [1.807, 2.05) is 55.5 Å². The number of para-hydroxylation sites is 1. The molecule has 3 heteroatoms. The average molecular weight is 240 g/mol. The summed E-state index contributed by atoms with van der Waals surface area (Å²) in [5.41, 5.74) is 9.28. The Morgan fingerprint density at radius 3 is 2.50 bits per heavy atom. The van der Waals surface area contributed by atoms with E-state index in [9.17, 15) is 4.79 Å². The van der Waals surface area contributed by atoms with Crippen molar-refractivity contribution in [3.8, 4) is 0 Å². The maximum Gasteiger partial charge on any atom is 0.221 e. The minimum absolute atomic E-state index is 0.274. The van der Waals surface area contributed by atoms with E-state index >= 15 is 0 Å². The van der Waals surface area contributed by atoms with Crippen LogP contribution in [0, 0.1) is 6.92 Å². The number of hydrogen-bond donors (Lipinski definition) is 2. The number of carbonyl (C=O) groups excluding carboxylic acids is 1. The molecule has 0 bridgehead atoms. The SMILES string of the molecule is Cc1c(CC(N)=O)cccc1Nc1ccccc1. The Morgan fingerprint density at radius 1 is 1.11 bits per heavy atom. The van der Waals surface area contributed by atoms with Crippen LogP contribution in [-0.4, -0.2) is 5.91 Å². The number of hydrogen-bond acceptors (Lipinski definition) is 2. The van der Waals surface area contributed by atoms with Gasteiger partial charge < -0.3 is 11.1 Å². The topological polar surface area (TPSA) is 55.1 Å². The molecule has 2 aromatic carbocycles. The lowest BCUT2D eigenvalue weighted by Gasteiger charge is -2.12. The van der Waals surface area contributed by atoms with Gasteiger partial charge in [-0.15, -0.1) is 0 Å². The van der Waals surface area contributed by atoms with Crippen LogP contribution >= 0.6 is 0 Å². The molecule has 92 valence electrons. The van der Waals surface area contributed by atoms with Gasteiger partial charge >= 0.3 is 0 Å². The number of anilines is 2. The van der Waals surface area contributed by atoms with Gasteiger partial charge in [0.2, 0.25) is 5.91 Å². The number of rotatable bonds is 4. The Morgan fingerprint density at radius 2 is 1.83 bits per heavy atom. The van der Waals surface area contributed by atoms with Crippen LogP contribution in [-0.2, 0) is 11.2 Å². The molecule has 1 amide bonds. The summed E-state index contributed by atoms with van der Waals surface area (Å²) >= 11 is 0. The molecular formula is C15H16N2O.